The molecule has 1 spiro atoms. The quantitative estimate of drug-likeness (QED) is 0.524. The third-order valence-electron chi connectivity index (χ3n) is 6.96. The van der Waals surface area contributed by atoms with Crippen LogP contribution in [0.4, 0.5) is 0 Å². The summed E-state index contributed by atoms with van der Waals surface area (Å²) in [4.78, 5) is 0. The first-order valence-electron chi connectivity index (χ1n) is 7.07. The SMILES string of the molecule is C1=CC2CC1CCC1C3C4CCC1(C4)C23. The minimum atomic E-state index is 0.889. The van der Waals surface area contributed by atoms with Crippen LogP contribution in [0.2, 0.25) is 0 Å². The Balaban J connectivity index is 1.64. The van der Waals surface area contributed by atoms with Gasteiger partial charge in [0, 0.05) is 0 Å². The van der Waals surface area contributed by atoms with Crippen LogP contribution in [-0.2, 0) is 0 Å². The molecule has 0 heteroatoms. The molecule has 7 unspecified atom stereocenters. The number of fused-ring (bicyclic) bond motifs is 1. The number of rotatable bonds is 0. The van der Waals surface area contributed by atoms with Gasteiger partial charge in [-0.3, -0.25) is 0 Å². The first-order valence-corrected chi connectivity index (χ1v) is 7.07. The molecular formula is C15H20. The van der Waals surface area contributed by atoms with Gasteiger partial charge >= 0.3 is 0 Å². The molecule has 7 aliphatic rings. The lowest BCUT2D eigenvalue weighted by molar-refractivity contribution is -0.130. The highest BCUT2D eigenvalue weighted by atomic mass is 14.8. The zero-order valence-electron chi connectivity index (χ0n) is 9.36. The monoisotopic (exact) mass is 200 g/mol. The predicted octanol–water partition coefficient (Wildman–Crippen LogP) is 3.63. The predicted molar refractivity (Wildman–Crippen MR) is 60.2 cm³/mol. The summed E-state index contributed by atoms with van der Waals surface area (Å²) in [6.07, 6.45) is 14.7. The molecule has 0 amide bonds. The Morgan fingerprint density at radius 2 is 2.07 bits per heavy atom. The molecule has 80 valence electrons. The second-order valence-electron chi connectivity index (χ2n) is 7.07. The Labute approximate surface area is 92.1 Å². The molecular weight excluding hydrogens is 180 g/mol. The van der Waals surface area contributed by atoms with Crippen LogP contribution in [0.5, 0.6) is 0 Å². The maximum absolute atomic E-state index is 2.62. The lowest BCUT2D eigenvalue weighted by Gasteiger charge is -2.61. The van der Waals surface area contributed by atoms with E-state index in [1.54, 1.807) is 25.7 Å². The Morgan fingerprint density at radius 1 is 1.07 bits per heavy atom. The molecule has 7 aliphatic carbocycles. The van der Waals surface area contributed by atoms with Gasteiger partial charge in [0.05, 0.1) is 0 Å². The largest absolute Gasteiger partial charge is 0.0851 e. The molecule has 0 nitrogen and oxygen atoms in total. The molecule has 0 aromatic rings. The topological polar surface area (TPSA) is 0 Å². The Hall–Kier alpha value is -0.260. The van der Waals surface area contributed by atoms with Gasteiger partial charge in [0.15, 0.2) is 0 Å². The van der Waals surface area contributed by atoms with Crippen molar-refractivity contribution in [1.82, 2.24) is 0 Å². The summed E-state index contributed by atoms with van der Waals surface area (Å²) in [6, 6.07) is 0. The fraction of sp³-hybridized carbons (Fsp3) is 0.867. The molecule has 6 fully saturated rings. The maximum Gasteiger partial charge on any atom is -0.0191 e. The Kier molecular flexibility index (Phi) is 1.17. The number of hydrogen-bond donors (Lipinski definition) is 0. The van der Waals surface area contributed by atoms with Crippen LogP contribution in [-0.4, -0.2) is 0 Å². The van der Waals surface area contributed by atoms with E-state index in [2.05, 4.69) is 12.2 Å². The standard InChI is InChI=1S/C15H20/c1-3-10-7-9(1)2-4-12-13-11-5-6-15(12,8-11)14(10)13/h1,3,9-14H,2,4-8H2. The molecule has 0 aliphatic heterocycles. The van der Waals surface area contributed by atoms with Crippen molar-refractivity contribution in [3.8, 4) is 0 Å². The molecule has 0 heterocycles. The highest BCUT2D eigenvalue weighted by molar-refractivity contribution is 5.25. The van der Waals surface area contributed by atoms with E-state index in [4.69, 9.17) is 0 Å². The van der Waals surface area contributed by atoms with Crippen LogP contribution < -0.4 is 0 Å². The molecule has 7 rings (SSSR count). The lowest BCUT2D eigenvalue weighted by atomic mass is 9.43. The Morgan fingerprint density at radius 3 is 2.87 bits per heavy atom. The third kappa shape index (κ3) is 0.681. The fourth-order valence-corrected chi connectivity index (χ4v) is 6.75. The van der Waals surface area contributed by atoms with Crippen molar-refractivity contribution in [2.75, 3.05) is 0 Å². The van der Waals surface area contributed by atoms with Crippen LogP contribution in [0.25, 0.3) is 0 Å². The van der Waals surface area contributed by atoms with E-state index in [0.29, 0.717) is 0 Å². The van der Waals surface area contributed by atoms with E-state index in [1.165, 1.54) is 30.6 Å². The highest BCUT2D eigenvalue weighted by Gasteiger charge is 2.74. The number of allylic oxidation sites excluding steroid dienone is 2. The average molecular weight is 200 g/mol. The lowest BCUT2D eigenvalue weighted by Crippen LogP contribution is -2.56. The van der Waals surface area contributed by atoms with Crippen LogP contribution >= 0.6 is 0 Å². The van der Waals surface area contributed by atoms with Crippen molar-refractivity contribution < 1.29 is 0 Å². The minimum absolute atomic E-state index is 0.889. The van der Waals surface area contributed by atoms with Crippen molar-refractivity contribution in [3.63, 3.8) is 0 Å². The summed E-state index contributed by atoms with van der Waals surface area (Å²) < 4.78 is 0. The zero-order valence-corrected chi connectivity index (χ0v) is 9.36. The van der Waals surface area contributed by atoms with E-state index in [-0.39, 0.29) is 0 Å². The van der Waals surface area contributed by atoms with Gasteiger partial charge < -0.3 is 0 Å². The van der Waals surface area contributed by atoms with Gasteiger partial charge in [-0.1, -0.05) is 12.2 Å². The highest BCUT2D eigenvalue weighted by Crippen LogP contribution is 2.80. The van der Waals surface area contributed by atoms with E-state index >= 15 is 0 Å². The second kappa shape index (κ2) is 2.21. The molecule has 7 atom stereocenters. The van der Waals surface area contributed by atoms with Gasteiger partial charge in [0.2, 0.25) is 0 Å². The van der Waals surface area contributed by atoms with E-state index < -0.39 is 0 Å². The molecule has 0 aromatic heterocycles. The van der Waals surface area contributed by atoms with Crippen LogP contribution in [0.3, 0.4) is 0 Å². The van der Waals surface area contributed by atoms with E-state index in [1.807, 2.05) is 0 Å². The average Bonchev–Trinajstić information content (AvgIpc) is 2.93. The van der Waals surface area contributed by atoms with Crippen molar-refractivity contribution in [2.24, 2.45) is 40.9 Å². The van der Waals surface area contributed by atoms with Crippen molar-refractivity contribution in [1.29, 1.82) is 0 Å². The van der Waals surface area contributed by atoms with Gasteiger partial charge in [-0.2, -0.15) is 0 Å². The summed E-state index contributed by atoms with van der Waals surface area (Å²) in [6.45, 7) is 0. The summed E-state index contributed by atoms with van der Waals surface area (Å²) in [7, 11) is 0. The zero-order chi connectivity index (χ0) is 9.62. The molecule has 0 saturated heterocycles. The summed E-state index contributed by atoms with van der Waals surface area (Å²) in [5.74, 6) is 6.70. The summed E-state index contributed by atoms with van der Waals surface area (Å²) in [5.41, 5.74) is 0.889. The van der Waals surface area contributed by atoms with E-state index in [9.17, 15) is 0 Å². The van der Waals surface area contributed by atoms with E-state index in [0.717, 1.165) is 23.2 Å². The maximum atomic E-state index is 2.62. The first kappa shape index (κ1) is 7.92. The van der Waals surface area contributed by atoms with Crippen LogP contribution in [0.15, 0.2) is 12.2 Å². The van der Waals surface area contributed by atoms with Gasteiger partial charge in [-0.25, -0.2) is 0 Å². The molecule has 6 saturated carbocycles. The third-order valence-corrected chi connectivity index (χ3v) is 6.96. The smallest absolute Gasteiger partial charge is 0.0191 e. The van der Waals surface area contributed by atoms with Crippen molar-refractivity contribution >= 4 is 0 Å². The minimum Gasteiger partial charge on any atom is -0.0851 e. The molecule has 0 radical (unpaired) electrons. The van der Waals surface area contributed by atoms with Gasteiger partial charge in [0.25, 0.3) is 0 Å². The van der Waals surface area contributed by atoms with Crippen LogP contribution in [0.1, 0.15) is 38.5 Å². The second-order valence-corrected chi connectivity index (χ2v) is 7.07. The van der Waals surface area contributed by atoms with Crippen LogP contribution in [0, 0.1) is 40.9 Å². The fourth-order valence-electron chi connectivity index (χ4n) is 6.75. The van der Waals surface area contributed by atoms with Gasteiger partial charge in [-0.15, -0.1) is 0 Å². The summed E-state index contributed by atoms with van der Waals surface area (Å²) in [5, 5.41) is 0. The first-order chi connectivity index (χ1) is 7.38. The van der Waals surface area contributed by atoms with Crippen molar-refractivity contribution in [2.45, 2.75) is 38.5 Å². The molecule has 0 aromatic carbocycles. The Bertz CT molecular complexity index is 355. The summed E-state index contributed by atoms with van der Waals surface area (Å²) >= 11 is 0. The normalized spacial score (nSPS) is 67.7. The van der Waals surface area contributed by atoms with Gasteiger partial charge in [-0.05, 0) is 79.4 Å². The molecule has 7 bridgehead atoms. The van der Waals surface area contributed by atoms with Gasteiger partial charge in [0.1, 0.15) is 0 Å². The molecule has 15 heavy (non-hydrogen) atoms. The number of hydrogen-bond acceptors (Lipinski definition) is 0. The van der Waals surface area contributed by atoms with Crippen molar-refractivity contribution in [3.05, 3.63) is 12.2 Å². The molecule has 0 N–H and O–H groups in total.